The van der Waals surface area contributed by atoms with Gasteiger partial charge in [-0.05, 0) is 0 Å². The monoisotopic (exact) mass is 688 g/mol. The van der Waals surface area contributed by atoms with Crippen molar-refractivity contribution in [1.29, 1.82) is 0 Å². The Balaban J connectivity index is 1.34. The van der Waals surface area contributed by atoms with Crippen molar-refractivity contribution in [3.63, 3.8) is 0 Å². The summed E-state index contributed by atoms with van der Waals surface area (Å²) in [6.45, 7) is 0. The van der Waals surface area contributed by atoms with E-state index in [0.717, 1.165) is 0 Å². The number of carbonyl (C=O) groups is 2. The molecule has 0 N–H and O–H groups in total. The van der Waals surface area contributed by atoms with Crippen molar-refractivity contribution in [3.05, 3.63) is 12.2 Å². The van der Waals surface area contributed by atoms with Gasteiger partial charge in [0.1, 0.15) is 0 Å². The Bertz CT molecular complexity index is 565. The standard InChI is InChI=1S/4C6H11.C4H4O4.2Sn.2H/c4*1-2-4-6-5-3-1;5-3(6)1-2-4(7)8;;;;/h4*1H,2-6H2;1-2H,(H,5,6)(H,7,8);;;;/q;;;;;2*+1;;/p-2/b;;;;2-1-;;;;. The van der Waals surface area contributed by atoms with E-state index in [9.17, 15) is 9.59 Å². The molecule has 6 heteroatoms. The third-order valence-electron chi connectivity index (χ3n) is 9.32. The minimum atomic E-state index is -2.48. The van der Waals surface area contributed by atoms with E-state index in [1.807, 2.05) is 0 Å². The van der Waals surface area contributed by atoms with Crippen LogP contribution in [-0.4, -0.2) is 52.3 Å². The minimum absolute atomic E-state index is 0.240. The molecule has 4 rings (SSSR count). The molecule has 0 aromatic rings. The maximum absolute atomic E-state index is 12.9. The van der Waals surface area contributed by atoms with Gasteiger partial charge in [0.05, 0.1) is 0 Å². The Morgan fingerprint density at radius 3 is 0.912 bits per heavy atom. The summed E-state index contributed by atoms with van der Waals surface area (Å²) in [6.07, 6.45) is 28.9. The Hall–Kier alpha value is 0.277. The van der Waals surface area contributed by atoms with Gasteiger partial charge in [0.25, 0.3) is 0 Å². The van der Waals surface area contributed by atoms with Crippen molar-refractivity contribution in [2.24, 2.45) is 0 Å². The third kappa shape index (κ3) is 8.41. The Morgan fingerprint density at radius 1 is 0.441 bits per heavy atom. The van der Waals surface area contributed by atoms with E-state index >= 15 is 0 Å². The van der Waals surface area contributed by atoms with Crippen LogP contribution in [0.1, 0.15) is 128 Å². The molecule has 0 bridgehead atoms. The number of hydrogen-bond donors (Lipinski definition) is 0. The summed E-state index contributed by atoms with van der Waals surface area (Å²) < 4.78 is 15.5. The molecule has 4 aliphatic rings. The first-order chi connectivity index (χ1) is 16.7. The van der Waals surface area contributed by atoms with Gasteiger partial charge in [-0.25, -0.2) is 0 Å². The first kappa shape index (κ1) is 27.3. The molecule has 0 saturated heterocycles. The van der Waals surface area contributed by atoms with Gasteiger partial charge in [0, 0.05) is 0 Å². The fourth-order valence-corrected chi connectivity index (χ4v) is 28.9. The quantitative estimate of drug-likeness (QED) is 0.197. The second-order valence-corrected chi connectivity index (χ2v) is 29.1. The van der Waals surface area contributed by atoms with Gasteiger partial charge in [0.15, 0.2) is 0 Å². The molecule has 4 aliphatic carbocycles. The zero-order valence-corrected chi connectivity index (χ0v) is 28.0. The van der Waals surface area contributed by atoms with E-state index in [-0.39, 0.29) is 11.9 Å². The SMILES string of the molecule is O=C(/C=C\C(=O)[O][SnH]([CH]1CCCCC1)[CH]1CCCCC1)[O][SnH]([CH]1CCCCC1)[CH]1CCCCC1. The van der Waals surface area contributed by atoms with Crippen molar-refractivity contribution in [3.8, 4) is 0 Å². The molecular weight excluding hydrogens is 638 g/mol. The Morgan fingerprint density at radius 2 is 0.676 bits per heavy atom. The summed E-state index contributed by atoms with van der Waals surface area (Å²) in [5.74, 6) is -0.480. The zero-order chi connectivity index (χ0) is 23.6. The first-order valence-corrected chi connectivity index (χ1v) is 25.1. The van der Waals surface area contributed by atoms with Crippen molar-refractivity contribution >= 4 is 52.3 Å². The van der Waals surface area contributed by atoms with E-state index in [1.54, 1.807) is 0 Å². The van der Waals surface area contributed by atoms with Crippen LogP contribution in [0.15, 0.2) is 12.2 Å². The molecule has 4 saturated carbocycles. The maximum atomic E-state index is 12.9. The molecule has 0 aromatic carbocycles. The van der Waals surface area contributed by atoms with Crippen LogP contribution in [0.3, 0.4) is 0 Å². The predicted octanol–water partition coefficient (Wildman–Crippen LogP) is 7.41. The van der Waals surface area contributed by atoms with Crippen molar-refractivity contribution in [1.82, 2.24) is 0 Å². The second-order valence-electron chi connectivity index (χ2n) is 11.7. The molecule has 0 atom stereocenters. The van der Waals surface area contributed by atoms with Crippen molar-refractivity contribution < 1.29 is 15.7 Å². The molecule has 192 valence electrons. The summed E-state index contributed by atoms with van der Waals surface area (Å²) in [5, 5.41) is 0. The zero-order valence-electron chi connectivity index (χ0n) is 21.4. The van der Waals surface area contributed by atoms with Crippen LogP contribution >= 0.6 is 0 Å². The molecule has 4 fully saturated rings. The van der Waals surface area contributed by atoms with E-state index in [0.29, 0.717) is 15.7 Å². The van der Waals surface area contributed by atoms with Crippen LogP contribution in [0.4, 0.5) is 0 Å². The topological polar surface area (TPSA) is 52.6 Å². The summed E-state index contributed by atoms with van der Waals surface area (Å²) in [5.41, 5.74) is 0. The van der Waals surface area contributed by atoms with Crippen molar-refractivity contribution in [2.45, 2.75) is 144 Å². The molecule has 34 heavy (non-hydrogen) atoms. The molecule has 0 radical (unpaired) electrons. The summed E-state index contributed by atoms with van der Waals surface area (Å²) in [7, 11) is 0. The van der Waals surface area contributed by atoms with Crippen LogP contribution in [-0.2, 0) is 15.7 Å². The van der Waals surface area contributed by atoms with Gasteiger partial charge in [-0.1, -0.05) is 0 Å². The first-order valence-electron chi connectivity index (χ1n) is 14.8. The normalized spacial score (nSPS) is 24.6. The average Bonchev–Trinajstić information content (AvgIpc) is 2.91. The Labute approximate surface area is 222 Å². The van der Waals surface area contributed by atoms with Gasteiger partial charge in [-0.2, -0.15) is 0 Å². The molecule has 0 heterocycles. The molecule has 0 unspecified atom stereocenters. The molecule has 0 amide bonds. The molecule has 0 aromatic heterocycles. The fourth-order valence-electron chi connectivity index (χ4n) is 7.49. The Kier molecular flexibility index (Phi) is 12.0. The summed E-state index contributed by atoms with van der Waals surface area (Å²) >= 11 is -4.97. The van der Waals surface area contributed by atoms with Gasteiger partial charge >= 0.3 is 224 Å². The summed E-state index contributed by atoms with van der Waals surface area (Å²) in [4.78, 5) is 25.8. The number of hydrogen-bond acceptors (Lipinski definition) is 4. The van der Waals surface area contributed by atoms with Crippen LogP contribution < -0.4 is 0 Å². The summed E-state index contributed by atoms with van der Waals surface area (Å²) in [6, 6.07) is 0. The fraction of sp³-hybridized carbons (Fsp3) is 0.857. The third-order valence-corrected chi connectivity index (χ3v) is 30.4. The number of rotatable bonds is 8. The van der Waals surface area contributed by atoms with Gasteiger partial charge < -0.3 is 0 Å². The van der Waals surface area contributed by atoms with E-state index in [2.05, 4.69) is 0 Å². The number of carbonyl (C=O) groups excluding carboxylic acids is 2. The molecular formula is C28H48O4Sn2. The van der Waals surface area contributed by atoms with E-state index < -0.39 is 40.3 Å². The van der Waals surface area contributed by atoms with Gasteiger partial charge in [-0.3, -0.25) is 0 Å². The predicted molar refractivity (Wildman–Crippen MR) is 143 cm³/mol. The van der Waals surface area contributed by atoms with Gasteiger partial charge in [0.2, 0.25) is 0 Å². The van der Waals surface area contributed by atoms with Crippen molar-refractivity contribution in [2.75, 3.05) is 0 Å². The van der Waals surface area contributed by atoms with Crippen LogP contribution in [0.5, 0.6) is 0 Å². The molecule has 4 nitrogen and oxygen atoms in total. The van der Waals surface area contributed by atoms with E-state index in [1.165, 1.54) is 141 Å². The average molecular weight is 686 g/mol. The molecule has 0 spiro atoms. The second kappa shape index (κ2) is 14.9. The van der Waals surface area contributed by atoms with Crippen LogP contribution in [0.2, 0.25) is 15.7 Å². The van der Waals surface area contributed by atoms with Crippen LogP contribution in [0.25, 0.3) is 0 Å². The van der Waals surface area contributed by atoms with E-state index in [4.69, 9.17) is 6.15 Å². The van der Waals surface area contributed by atoms with Crippen LogP contribution in [0, 0.1) is 0 Å². The van der Waals surface area contributed by atoms with Gasteiger partial charge in [-0.15, -0.1) is 0 Å². The molecule has 0 aliphatic heterocycles.